The smallest absolute Gasteiger partial charge is 0.410 e. The molecule has 0 spiro atoms. The fourth-order valence-electron chi connectivity index (χ4n) is 3.70. The van der Waals surface area contributed by atoms with Crippen molar-refractivity contribution in [3.05, 3.63) is 72.2 Å². The lowest BCUT2D eigenvalue weighted by Crippen LogP contribution is -2.39. The number of aromatic nitrogens is 1. The minimum absolute atomic E-state index is 0.210. The van der Waals surface area contributed by atoms with Gasteiger partial charge < -0.3 is 14.2 Å². The van der Waals surface area contributed by atoms with Crippen molar-refractivity contribution in [1.82, 2.24) is 9.47 Å². The highest BCUT2D eigenvalue weighted by Gasteiger charge is 2.24. The maximum atomic E-state index is 13.5. The molecule has 1 aliphatic rings. The molecule has 0 saturated carbocycles. The lowest BCUT2D eigenvalue weighted by molar-refractivity contribution is 0.0808. The molecule has 0 bridgehead atoms. The molecule has 0 radical (unpaired) electrons. The van der Waals surface area contributed by atoms with Crippen LogP contribution >= 0.6 is 0 Å². The molecule has 1 amide bonds. The maximum absolute atomic E-state index is 13.5. The summed E-state index contributed by atoms with van der Waals surface area (Å²) in [7, 11) is 0. The van der Waals surface area contributed by atoms with Crippen LogP contribution in [0.25, 0.3) is 10.9 Å². The fourth-order valence-corrected chi connectivity index (χ4v) is 3.70. The van der Waals surface area contributed by atoms with Crippen LogP contribution in [0, 0.1) is 11.7 Å². The van der Waals surface area contributed by atoms with E-state index in [9.17, 15) is 9.18 Å². The van der Waals surface area contributed by atoms with Gasteiger partial charge in [-0.3, -0.25) is 0 Å². The van der Waals surface area contributed by atoms with E-state index in [0.29, 0.717) is 25.6 Å². The zero-order valence-corrected chi connectivity index (χ0v) is 15.2. The van der Waals surface area contributed by atoms with Gasteiger partial charge in [-0.15, -0.1) is 0 Å². The Labute approximate surface area is 158 Å². The minimum atomic E-state index is -0.245. The Kier molecular flexibility index (Phi) is 5.10. The normalized spacial score (nSPS) is 15.2. The summed E-state index contributed by atoms with van der Waals surface area (Å²) in [4.78, 5) is 14.0. The summed E-state index contributed by atoms with van der Waals surface area (Å²) in [5.41, 5.74) is 1.92. The first kappa shape index (κ1) is 17.6. The van der Waals surface area contributed by atoms with Crippen LogP contribution in [0.2, 0.25) is 0 Å². The van der Waals surface area contributed by atoms with Gasteiger partial charge >= 0.3 is 6.09 Å². The zero-order chi connectivity index (χ0) is 18.6. The Morgan fingerprint density at radius 1 is 1.07 bits per heavy atom. The molecule has 0 unspecified atom stereocenters. The van der Waals surface area contributed by atoms with Gasteiger partial charge in [-0.1, -0.05) is 30.3 Å². The summed E-state index contributed by atoms with van der Waals surface area (Å²) in [6.07, 6.45) is 3.63. The molecule has 1 fully saturated rings. The zero-order valence-electron chi connectivity index (χ0n) is 15.2. The van der Waals surface area contributed by atoms with E-state index in [1.54, 1.807) is 11.0 Å². The van der Waals surface area contributed by atoms with E-state index < -0.39 is 0 Å². The number of halogens is 1. The quantitative estimate of drug-likeness (QED) is 0.663. The first-order valence-electron chi connectivity index (χ1n) is 9.39. The van der Waals surface area contributed by atoms with Crippen molar-refractivity contribution in [2.45, 2.75) is 26.0 Å². The van der Waals surface area contributed by atoms with E-state index in [-0.39, 0.29) is 11.9 Å². The highest BCUT2D eigenvalue weighted by atomic mass is 19.1. The molecule has 0 aliphatic carbocycles. The molecule has 4 nitrogen and oxygen atoms in total. The summed E-state index contributed by atoms with van der Waals surface area (Å²) >= 11 is 0. The molecule has 5 heteroatoms. The van der Waals surface area contributed by atoms with Gasteiger partial charge in [-0.25, -0.2) is 9.18 Å². The van der Waals surface area contributed by atoms with E-state index in [1.807, 2.05) is 48.7 Å². The number of carbonyl (C=O) groups excluding carboxylic acids is 1. The van der Waals surface area contributed by atoms with Crippen molar-refractivity contribution in [1.29, 1.82) is 0 Å². The Hall–Kier alpha value is -2.82. The standard InChI is InChI=1S/C22H23FN2O2/c23-20-7-6-19-10-13-25(21(19)14-20)15-17-8-11-24(12-9-17)22(26)27-16-18-4-2-1-3-5-18/h1-7,10,13-14,17H,8-9,11-12,15-16H2. The monoisotopic (exact) mass is 366 g/mol. The first-order chi connectivity index (χ1) is 13.2. The molecule has 3 aromatic rings. The molecule has 1 aromatic heterocycles. The van der Waals surface area contributed by atoms with E-state index in [1.165, 1.54) is 6.07 Å². The molecule has 2 heterocycles. The van der Waals surface area contributed by atoms with Gasteiger partial charge in [-0.05, 0) is 54.0 Å². The van der Waals surface area contributed by atoms with E-state index in [4.69, 9.17) is 4.74 Å². The van der Waals surface area contributed by atoms with Crippen LogP contribution in [0.15, 0.2) is 60.8 Å². The number of benzene rings is 2. The number of rotatable bonds is 4. The molecule has 0 atom stereocenters. The maximum Gasteiger partial charge on any atom is 0.410 e. The van der Waals surface area contributed by atoms with Crippen molar-refractivity contribution in [3.63, 3.8) is 0 Å². The second-order valence-electron chi connectivity index (χ2n) is 7.14. The van der Waals surface area contributed by atoms with Crippen molar-refractivity contribution in [2.24, 2.45) is 5.92 Å². The highest BCUT2D eigenvalue weighted by molar-refractivity contribution is 5.80. The third-order valence-electron chi connectivity index (χ3n) is 5.27. The van der Waals surface area contributed by atoms with Crippen LogP contribution in [0.1, 0.15) is 18.4 Å². The summed E-state index contributed by atoms with van der Waals surface area (Å²) in [5, 5.41) is 1.05. The van der Waals surface area contributed by atoms with E-state index in [0.717, 1.165) is 35.9 Å². The molecule has 2 aromatic carbocycles. The molecule has 0 N–H and O–H groups in total. The third kappa shape index (κ3) is 4.13. The number of carbonyl (C=O) groups is 1. The van der Waals surface area contributed by atoms with Crippen LogP contribution in [0.5, 0.6) is 0 Å². The predicted octanol–water partition coefficient (Wildman–Crippen LogP) is 4.83. The van der Waals surface area contributed by atoms with Crippen LogP contribution < -0.4 is 0 Å². The Morgan fingerprint density at radius 3 is 2.63 bits per heavy atom. The Bertz CT molecular complexity index is 914. The average Bonchev–Trinajstić information content (AvgIpc) is 3.09. The van der Waals surface area contributed by atoms with Gasteiger partial charge in [0.15, 0.2) is 0 Å². The minimum Gasteiger partial charge on any atom is -0.445 e. The Morgan fingerprint density at radius 2 is 1.85 bits per heavy atom. The number of fused-ring (bicyclic) bond motifs is 1. The summed E-state index contributed by atoms with van der Waals surface area (Å²) in [5.74, 6) is 0.264. The van der Waals surface area contributed by atoms with E-state index >= 15 is 0 Å². The number of piperidine rings is 1. The number of nitrogens with zero attached hydrogens (tertiary/aromatic N) is 2. The van der Waals surface area contributed by atoms with E-state index in [2.05, 4.69) is 4.57 Å². The van der Waals surface area contributed by atoms with Gasteiger partial charge in [0.2, 0.25) is 0 Å². The second-order valence-corrected chi connectivity index (χ2v) is 7.14. The largest absolute Gasteiger partial charge is 0.445 e. The van der Waals surface area contributed by atoms with Gasteiger partial charge in [0, 0.05) is 25.8 Å². The van der Waals surface area contributed by atoms with Crippen molar-refractivity contribution < 1.29 is 13.9 Å². The SMILES string of the molecule is O=C(OCc1ccccc1)N1CCC(Cn2ccc3ccc(F)cc32)CC1. The molecule has 1 saturated heterocycles. The molecule has 1 aliphatic heterocycles. The first-order valence-corrected chi connectivity index (χ1v) is 9.39. The van der Waals surface area contributed by atoms with Crippen LogP contribution in [0.4, 0.5) is 9.18 Å². The van der Waals surface area contributed by atoms with Crippen molar-refractivity contribution in [2.75, 3.05) is 13.1 Å². The molecule has 27 heavy (non-hydrogen) atoms. The molecular weight excluding hydrogens is 343 g/mol. The van der Waals surface area contributed by atoms with Gasteiger partial charge in [0.05, 0.1) is 5.52 Å². The molecule has 140 valence electrons. The van der Waals surface area contributed by atoms with Crippen molar-refractivity contribution in [3.8, 4) is 0 Å². The van der Waals surface area contributed by atoms with Gasteiger partial charge in [-0.2, -0.15) is 0 Å². The van der Waals surface area contributed by atoms with Crippen molar-refractivity contribution >= 4 is 17.0 Å². The fraction of sp³-hybridized carbons (Fsp3) is 0.318. The van der Waals surface area contributed by atoms with Gasteiger partial charge in [0.1, 0.15) is 12.4 Å². The second kappa shape index (κ2) is 7.82. The Balaban J connectivity index is 1.29. The average molecular weight is 366 g/mol. The summed E-state index contributed by atoms with van der Waals surface area (Å²) < 4.78 is 21.1. The number of likely N-dealkylation sites (tertiary alicyclic amines) is 1. The van der Waals surface area contributed by atoms with Crippen LogP contribution in [-0.4, -0.2) is 28.6 Å². The van der Waals surface area contributed by atoms with Crippen LogP contribution in [-0.2, 0) is 17.9 Å². The number of hydrogen-bond acceptors (Lipinski definition) is 2. The molecular formula is C22H23FN2O2. The third-order valence-corrected chi connectivity index (χ3v) is 5.27. The number of amides is 1. The predicted molar refractivity (Wildman–Crippen MR) is 103 cm³/mol. The van der Waals surface area contributed by atoms with Gasteiger partial charge in [0.25, 0.3) is 0 Å². The molecule has 4 rings (SSSR count). The van der Waals surface area contributed by atoms with Crippen LogP contribution in [0.3, 0.4) is 0 Å². The summed E-state index contributed by atoms with van der Waals surface area (Å²) in [6.45, 7) is 2.55. The lowest BCUT2D eigenvalue weighted by atomic mass is 9.97. The lowest BCUT2D eigenvalue weighted by Gasteiger charge is -2.31. The highest BCUT2D eigenvalue weighted by Crippen LogP contribution is 2.24. The number of hydrogen-bond donors (Lipinski definition) is 0. The number of ether oxygens (including phenoxy) is 1. The summed E-state index contributed by atoms with van der Waals surface area (Å²) in [6, 6.07) is 16.6. The topological polar surface area (TPSA) is 34.5 Å².